The molecule has 22 heavy (non-hydrogen) atoms. The first kappa shape index (κ1) is 16.5. The first-order valence-electron chi connectivity index (χ1n) is 7.42. The lowest BCUT2D eigenvalue weighted by molar-refractivity contribution is -0.125. The van der Waals surface area contributed by atoms with Crippen molar-refractivity contribution in [1.29, 1.82) is 0 Å². The topological polar surface area (TPSA) is 64.7 Å². The SMILES string of the molecule is CCn1ccc(CNC(=O)C(C)Cn2nc(C)c(Cl)c2C)n1. The van der Waals surface area contributed by atoms with E-state index in [1.165, 1.54) is 0 Å². The van der Waals surface area contributed by atoms with Crippen LogP contribution in [0.5, 0.6) is 0 Å². The van der Waals surface area contributed by atoms with Gasteiger partial charge in [-0.2, -0.15) is 10.2 Å². The summed E-state index contributed by atoms with van der Waals surface area (Å²) in [6.07, 6.45) is 1.91. The normalized spacial score (nSPS) is 12.4. The minimum absolute atomic E-state index is 0.0188. The van der Waals surface area contributed by atoms with Crippen LogP contribution < -0.4 is 5.32 Å². The molecular formula is C15H22ClN5O. The van der Waals surface area contributed by atoms with Gasteiger partial charge in [-0.15, -0.1) is 0 Å². The fraction of sp³-hybridized carbons (Fsp3) is 0.533. The Morgan fingerprint density at radius 1 is 1.41 bits per heavy atom. The highest BCUT2D eigenvalue weighted by molar-refractivity contribution is 6.31. The van der Waals surface area contributed by atoms with Crippen molar-refractivity contribution in [1.82, 2.24) is 24.9 Å². The lowest BCUT2D eigenvalue weighted by Gasteiger charge is -2.13. The average molecular weight is 324 g/mol. The Hall–Kier alpha value is -1.82. The van der Waals surface area contributed by atoms with E-state index in [0.29, 0.717) is 18.1 Å². The van der Waals surface area contributed by atoms with Crippen LogP contribution in [0.15, 0.2) is 12.3 Å². The molecular weight excluding hydrogens is 302 g/mol. The number of aromatic nitrogens is 4. The van der Waals surface area contributed by atoms with Crippen molar-refractivity contribution in [3.8, 4) is 0 Å². The van der Waals surface area contributed by atoms with Gasteiger partial charge in [0, 0.05) is 12.7 Å². The third-order valence-electron chi connectivity index (χ3n) is 3.65. The number of amides is 1. The van der Waals surface area contributed by atoms with E-state index in [2.05, 4.69) is 15.5 Å². The maximum absolute atomic E-state index is 12.2. The molecule has 6 nitrogen and oxygen atoms in total. The number of halogens is 1. The fourth-order valence-electron chi connectivity index (χ4n) is 2.22. The second-order valence-corrected chi connectivity index (χ2v) is 5.83. The molecule has 0 aromatic carbocycles. The summed E-state index contributed by atoms with van der Waals surface area (Å²) in [6, 6.07) is 1.91. The van der Waals surface area contributed by atoms with Gasteiger partial charge in [0.1, 0.15) is 0 Å². The molecule has 0 radical (unpaired) electrons. The minimum Gasteiger partial charge on any atom is -0.350 e. The van der Waals surface area contributed by atoms with Crippen molar-refractivity contribution in [3.63, 3.8) is 0 Å². The minimum atomic E-state index is -0.192. The molecule has 0 aliphatic carbocycles. The van der Waals surface area contributed by atoms with E-state index in [9.17, 15) is 4.79 Å². The van der Waals surface area contributed by atoms with E-state index >= 15 is 0 Å². The molecule has 0 bridgehead atoms. The lowest BCUT2D eigenvalue weighted by atomic mass is 10.1. The summed E-state index contributed by atoms with van der Waals surface area (Å²) >= 11 is 6.12. The van der Waals surface area contributed by atoms with Gasteiger partial charge in [-0.25, -0.2) is 0 Å². The molecule has 2 aromatic heterocycles. The molecule has 0 saturated carbocycles. The van der Waals surface area contributed by atoms with Crippen LogP contribution in [-0.4, -0.2) is 25.5 Å². The zero-order chi connectivity index (χ0) is 16.3. The Balaban J connectivity index is 1.90. The van der Waals surface area contributed by atoms with Crippen LogP contribution in [0.2, 0.25) is 5.02 Å². The average Bonchev–Trinajstić information content (AvgIpc) is 3.06. The highest BCUT2D eigenvalue weighted by atomic mass is 35.5. The second kappa shape index (κ2) is 6.96. The van der Waals surface area contributed by atoms with Gasteiger partial charge in [0.05, 0.1) is 41.1 Å². The van der Waals surface area contributed by atoms with Gasteiger partial charge in [0.25, 0.3) is 0 Å². The van der Waals surface area contributed by atoms with Crippen LogP contribution in [-0.2, 0) is 24.4 Å². The van der Waals surface area contributed by atoms with Gasteiger partial charge >= 0.3 is 0 Å². The lowest BCUT2D eigenvalue weighted by Crippen LogP contribution is -2.31. The van der Waals surface area contributed by atoms with Crippen LogP contribution >= 0.6 is 11.6 Å². The van der Waals surface area contributed by atoms with E-state index in [4.69, 9.17) is 11.6 Å². The molecule has 0 aliphatic rings. The maximum Gasteiger partial charge on any atom is 0.225 e. The van der Waals surface area contributed by atoms with Crippen molar-refractivity contribution in [3.05, 3.63) is 34.4 Å². The maximum atomic E-state index is 12.2. The molecule has 1 N–H and O–H groups in total. The molecule has 0 fully saturated rings. The summed E-state index contributed by atoms with van der Waals surface area (Å²) in [5.74, 6) is -0.211. The smallest absolute Gasteiger partial charge is 0.225 e. The summed E-state index contributed by atoms with van der Waals surface area (Å²) in [5.41, 5.74) is 2.54. The number of carbonyl (C=O) groups is 1. The summed E-state index contributed by atoms with van der Waals surface area (Å²) in [4.78, 5) is 12.2. The molecule has 0 aliphatic heterocycles. The van der Waals surface area contributed by atoms with Gasteiger partial charge < -0.3 is 5.32 Å². The van der Waals surface area contributed by atoms with Crippen molar-refractivity contribution in [2.24, 2.45) is 5.92 Å². The molecule has 1 atom stereocenters. The van der Waals surface area contributed by atoms with Crippen LogP contribution in [0, 0.1) is 19.8 Å². The quantitative estimate of drug-likeness (QED) is 0.887. The Morgan fingerprint density at radius 3 is 2.68 bits per heavy atom. The molecule has 1 amide bonds. The Labute approximate surface area is 135 Å². The Morgan fingerprint density at radius 2 is 2.14 bits per heavy atom. The molecule has 120 valence electrons. The third-order valence-corrected chi connectivity index (χ3v) is 4.20. The largest absolute Gasteiger partial charge is 0.350 e. The standard InChI is InChI=1S/C15H22ClN5O/c1-5-20-7-6-13(19-20)8-17-15(22)10(2)9-21-12(4)14(16)11(3)18-21/h6-7,10H,5,8-9H2,1-4H3,(H,17,22). The zero-order valence-electron chi connectivity index (χ0n) is 13.4. The number of nitrogens with zero attached hydrogens (tertiary/aromatic N) is 4. The fourth-order valence-corrected chi connectivity index (χ4v) is 2.36. The van der Waals surface area contributed by atoms with Crippen molar-refractivity contribution in [2.45, 2.75) is 47.3 Å². The number of carbonyl (C=O) groups excluding carboxylic acids is 1. The van der Waals surface area contributed by atoms with E-state index in [1.807, 2.05) is 44.6 Å². The highest BCUT2D eigenvalue weighted by Crippen LogP contribution is 2.19. The molecule has 2 heterocycles. The van der Waals surface area contributed by atoms with Crippen LogP contribution in [0.3, 0.4) is 0 Å². The summed E-state index contributed by atoms with van der Waals surface area (Å²) in [6.45, 7) is 9.44. The first-order valence-corrected chi connectivity index (χ1v) is 7.79. The van der Waals surface area contributed by atoms with E-state index in [-0.39, 0.29) is 11.8 Å². The van der Waals surface area contributed by atoms with Crippen LogP contribution in [0.1, 0.15) is 30.9 Å². The van der Waals surface area contributed by atoms with E-state index in [1.54, 1.807) is 4.68 Å². The zero-order valence-corrected chi connectivity index (χ0v) is 14.2. The van der Waals surface area contributed by atoms with Gasteiger partial charge in [0.15, 0.2) is 0 Å². The predicted molar refractivity (Wildman–Crippen MR) is 85.6 cm³/mol. The Kier molecular flexibility index (Phi) is 5.24. The number of aryl methyl sites for hydroxylation is 2. The van der Waals surface area contributed by atoms with Crippen molar-refractivity contribution in [2.75, 3.05) is 0 Å². The number of nitrogens with one attached hydrogen (secondary N) is 1. The molecule has 1 unspecified atom stereocenters. The summed E-state index contributed by atoms with van der Waals surface area (Å²) in [7, 11) is 0. The monoisotopic (exact) mass is 323 g/mol. The van der Waals surface area contributed by atoms with Crippen LogP contribution in [0.4, 0.5) is 0 Å². The van der Waals surface area contributed by atoms with E-state index < -0.39 is 0 Å². The van der Waals surface area contributed by atoms with E-state index in [0.717, 1.165) is 23.6 Å². The summed E-state index contributed by atoms with van der Waals surface area (Å²) in [5, 5.41) is 12.3. The van der Waals surface area contributed by atoms with Crippen molar-refractivity contribution >= 4 is 17.5 Å². The molecule has 0 saturated heterocycles. The summed E-state index contributed by atoms with van der Waals surface area (Å²) < 4.78 is 3.62. The van der Waals surface area contributed by atoms with Gasteiger partial charge in [-0.05, 0) is 26.8 Å². The number of hydrogen-bond donors (Lipinski definition) is 1. The highest BCUT2D eigenvalue weighted by Gasteiger charge is 2.17. The molecule has 2 rings (SSSR count). The molecule has 0 spiro atoms. The Bertz CT molecular complexity index is 661. The van der Waals surface area contributed by atoms with Crippen LogP contribution in [0.25, 0.3) is 0 Å². The number of hydrogen-bond acceptors (Lipinski definition) is 3. The molecule has 7 heteroatoms. The van der Waals surface area contributed by atoms with Gasteiger partial charge in [-0.1, -0.05) is 18.5 Å². The third kappa shape index (κ3) is 3.68. The predicted octanol–water partition coefficient (Wildman–Crippen LogP) is 2.32. The van der Waals surface area contributed by atoms with Crippen molar-refractivity contribution < 1.29 is 4.79 Å². The van der Waals surface area contributed by atoms with Gasteiger partial charge in [-0.3, -0.25) is 14.2 Å². The number of rotatable bonds is 6. The van der Waals surface area contributed by atoms with Gasteiger partial charge in [0.2, 0.25) is 5.91 Å². The second-order valence-electron chi connectivity index (χ2n) is 5.45. The first-order chi connectivity index (χ1) is 10.4. The molecule has 2 aromatic rings.